The van der Waals surface area contributed by atoms with Gasteiger partial charge in [-0.05, 0) is 87.0 Å². The first-order chi connectivity index (χ1) is 12.2. The van der Waals surface area contributed by atoms with Crippen molar-refractivity contribution in [3.05, 3.63) is 71.8 Å². The maximum absolute atomic E-state index is 11.5. The summed E-state index contributed by atoms with van der Waals surface area (Å²) in [5, 5.41) is 16.8. The first kappa shape index (κ1) is 14.5. The number of fused-ring (bicyclic) bond motifs is 5. The van der Waals surface area contributed by atoms with Gasteiger partial charge in [0.15, 0.2) is 0 Å². The highest BCUT2D eigenvalue weighted by Gasteiger charge is 2.25. The summed E-state index contributed by atoms with van der Waals surface area (Å²) >= 11 is 0. The van der Waals surface area contributed by atoms with Gasteiger partial charge in [-0.1, -0.05) is 36.4 Å². The van der Waals surface area contributed by atoms with Crippen LogP contribution in [0.15, 0.2) is 60.7 Å². The zero-order valence-electron chi connectivity index (χ0n) is 13.8. The molecule has 0 amide bonds. The topological polar surface area (TPSA) is 37.3 Å². The Morgan fingerprint density at radius 3 is 2.24 bits per heavy atom. The van der Waals surface area contributed by atoms with Crippen LogP contribution in [-0.2, 0) is 17.6 Å². The summed E-state index contributed by atoms with van der Waals surface area (Å²) in [6.45, 7) is 0. The van der Waals surface area contributed by atoms with Crippen LogP contribution in [0.2, 0.25) is 0 Å². The second-order valence-electron chi connectivity index (χ2n) is 7.10. The third-order valence-electron chi connectivity index (χ3n) is 5.61. The lowest BCUT2D eigenvalue weighted by molar-refractivity contribution is -0.142. The molecule has 0 bridgehead atoms. The van der Waals surface area contributed by atoms with Gasteiger partial charge in [0.1, 0.15) is 0 Å². The smallest absolute Gasteiger partial charge is 0.306 e. The SMILES string of the molecule is O=C(O)C1CCc2ccc3cc4cc5ccccc5cc4cc3c2C1. The van der Waals surface area contributed by atoms with Crippen LogP contribution in [0.1, 0.15) is 17.5 Å². The Bertz CT molecular complexity index is 1160. The molecule has 0 spiro atoms. The van der Waals surface area contributed by atoms with E-state index in [0.717, 1.165) is 12.8 Å². The zero-order chi connectivity index (χ0) is 17.0. The summed E-state index contributed by atoms with van der Waals surface area (Å²) in [6.07, 6.45) is 2.24. The summed E-state index contributed by atoms with van der Waals surface area (Å²) in [5.74, 6) is -0.931. The summed E-state index contributed by atoms with van der Waals surface area (Å²) < 4.78 is 0. The first-order valence-corrected chi connectivity index (χ1v) is 8.79. The summed E-state index contributed by atoms with van der Waals surface area (Å²) in [7, 11) is 0. The minimum Gasteiger partial charge on any atom is -0.481 e. The molecular formula is C23H18O2. The van der Waals surface area contributed by atoms with Gasteiger partial charge < -0.3 is 5.11 Å². The fraction of sp³-hybridized carbons (Fsp3) is 0.174. The van der Waals surface area contributed by atoms with Crippen LogP contribution in [0.5, 0.6) is 0 Å². The van der Waals surface area contributed by atoms with Crippen LogP contribution < -0.4 is 0 Å². The van der Waals surface area contributed by atoms with E-state index in [4.69, 9.17) is 0 Å². The lowest BCUT2D eigenvalue weighted by Gasteiger charge is -2.23. The molecule has 4 aromatic carbocycles. The van der Waals surface area contributed by atoms with Gasteiger partial charge in [-0.15, -0.1) is 0 Å². The van der Waals surface area contributed by atoms with Gasteiger partial charge in [0.05, 0.1) is 5.92 Å². The van der Waals surface area contributed by atoms with Crippen molar-refractivity contribution in [2.75, 3.05) is 0 Å². The Balaban J connectivity index is 1.78. The molecule has 5 rings (SSSR count). The van der Waals surface area contributed by atoms with E-state index in [1.54, 1.807) is 0 Å². The largest absolute Gasteiger partial charge is 0.481 e. The van der Waals surface area contributed by atoms with E-state index in [-0.39, 0.29) is 5.92 Å². The third kappa shape index (κ3) is 2.29. The maximum Gasteiger partial charge on any atom is 0.306 e. The Morgan fingerprint density at radius 1 is 0.840 bits per heavy atom. The van der Waals surface area contributed by atoms with Gasteiger partial charge in [0.25, 0.3) is 0 Å². The summed E-state index contributed by atoms with van der Waals surface area (Å²) in [4.78, 5) is 11.5. The zero-order valence-corrected chi connectivity index (χ0v) is 13.8. The molecule has 0 saturated heterocycles. The second kappa shape index (κ2) is 5.32. The van der Waals surface area contributed by atoms with Crippen LogP contribution in [0, 0.1) is 5.92 Å². The normalized spacial score (nSPS) is 17.0. The Kier molecular flexibility index (Phi) is 3.08. The molecule has 1 atom stereocenters. The molecule has 0 aliphatic heterocycles. The molecule has 25 heavy (non-hydrogen) atoms. The van der Waals surface area contributed by atoms with Crippen LogP contribution in [0.25, 0.3) is 32.3 Å². The monoisotopic (exact) mass is 326 g/mol. The van der Waals surface area contributed by atoms with Gasteiger partial charge in [-0.25, -0.2) is 0 Å². The van der Waals surface area contributed by atoms with Gasteiger partial charge in [0.2, 0.25) is 0 Å². The molecule has 1 aliphatic rings. The predicted octanol–water partition coefficient (Wildman–Crippen LogP) is 5.34. The average molecular weight is 326 g/mol. The molecule has 0 aromatic heterocycles. The molecular weight excluding hydrogens is 308 g/mol. The third-order valence-corrected chi connectivity index (χ3v) is 5.61. The molecule has 1 unspecified atom stereocenters. The minimum atomic E-state index is -0.672. The number of benzene rings is 4. The lowest BCUT2D eigenvalue weighted by atomic mass is 9.81. The van der Waals surface area contributed by atoms with Crippen molar-refractivity contribution in [1.82, 2.24) is 0 Å². The fourth-order valence-corrected chi connectivity index (χ4v) is 4.24. The van der Waals surface area contributed by atoms with Crippen molar-refractivity contribution in [1.29, 1.82) is 0 Å². The highest BCUT2D eigenvalue weighted by molar-refractivity contribution is 6.05. The predicted molar refractivity (Wildman–Crippen MR) is 102 cm³/mol. The number of aliphatic carboxylic acids is 1. The molecule has 0 radical (unpaired) electrons. The number of carboxylic acids is 1. The molecule has 2 heteroatoms. The van der Waals surface area contributed by atoms with Crippen molar-refractivity contribution in [3.8, 4) is 0 Å². The van der Waals surface area contributed by atoms with Crippen LogP contribution in [0.3, 0.4) is 0 Å². The Morgan fingerprint density at radius 2 is 1.52 bits per heavy atom. The number of hydrogen-bond donors (Lipinski definition) is 1. The molecule has 0 heterocycles. The van der Waals surface area contributed by atoms with E-state index >= 15 is 0 Å². The molecule has 1 N–H and O–H groups in total. The summed E-state index contributed by atoms with van der Waals surface area (Å²) in [5.41, 5.74) is 2.54. The van der Waals surface area contributed by atoms with E-state index in [1.165, 1.54) is 43.4 Å². The number of aryl methyl sites for hydroxylation is 1. The van der Waals surface area contributed by atoms with Crippen LogP contribution in [-0.4, -0.2) is 11.1 Å². The summed E-state index contributed by atoms with van der Waals surface area (Å²) in [6, 6.07) is 21.7. The molecule has 122 valence electrons. The lowest BCUT2D eigenvalue weighted by Crippen LogP contribution is -2.22. The van der Waals surface area contributed by atoms with Crippen molar-refractivity contribution < 1.29 is 9.90 Å². The standard InChI is InChI=1S/C23H18O2/c24-23(25)18-8-6-14-5-7-17-11-19-9-15-3-1-2-4-16(15)10-20(19)13-22(17)21(14)12-18/h1-5,7,9-11,13,18H,6,8,12H2,(H,24,25). The molecule has 2 nitrogen and oxygen atoms in total. The van der Waals surface area contributed by atoms with Crippen molar-refractivity contribution >= 4 is 38.3 Å². The molecule has 4 aromatic rings. The number of rotatable bonds is 1. The van der Waals surface area contributed by atoms with E-state index in [2.05, 4.69) is 60.7 Å². The minimum absolute atomic E-state index is 0.259. The first-order valence-electron chi connectivity index (χ1n) is 8.79. The maximum atomic E-state index is 11.5. The highest BCUT2D eigenvalue weighted by Crippen LogP contribution is 2.35. The van der Waals surface area contributed by atoms with Crippen molar-refractivity contribution in [3.63, 3.8) is 0 Å². The quantitative estimate of drug-likeness (QED) is 0.480. The van der Waals surface area contributed by atoms with Gasteiger partial charge in [-0.3, -0.25) is 4.79 Å². The number of carbonyl (C=O) groups is 1. The van der Waals surface area contributed by atoms with E-state index in [9.17, 15) is 9.90 Å². The fourth-order valence-electron chi connectivity index (χ4n) is 4.24. The number of hydrogen-bond acceptors (Lipinski definition) is 1. The van der Waals surface area contributed by atoms with Gasteiger partial charge >= 0.3 is 5.97 Å². The molecule has 0 fully saturated rings. The van der Waals surface area contributed by atoms with E-state index in [1.807, 2.05) is 0 Å². The highest BCUT2D eigenvalue weighted by atomic mass is 16.4. The van der Waals surface area contributed by atoms with E-state index in [0.29, 0.717) is 6.42 Å². The average Bonchev–Trinajstić information content (AvgIpc) is 2.64. The second-order valence-corrected chi connectivity index (χ2v) is 7.10. The molecule has 0 saturated carbocycles. The van der Waals surface area contributed by atoms with Crippen molar-refractivity contribution in [2.45, 2.75) is 19.3 Å². The molecule has 1 aliphatic carbocycles. The van der Waals surface area contributed by atoms with Gasteiger partial charge in [-0.2, -0.15) is 0 Å². The van der Waals surface area contributed by atoms with Crippen LogP contribution >= 0.6 is 0 Å². The Hall–Kier alpha value is -2.87. The van der Waals surface area contributed by atoms with E-state index < -0.39 is 5.97 Å². The van der Waals surface area contributed by atoms with Crippen molar-refractivity contribution in [2.24, 2.45) is 5.92 Å². The van der Waals surface area contributed by atoms with Crippen LogP contribution in [0.4, 0.5) is 0 Å². The Labute approximate surface area is 145 Å². The number of carboxylic acid groups (broad SMARTS) is 1. The van der Waals surface area contributed by atoms with Gasteiger partial charge in [0, 0.05) is 0 Å².